The molecule has 1 aromatic carbocycles. The van der Waals surface area contributed by atoms with Crippen molar-refractivity contribution in [2.24, 2.45) is 5.73 Å². The first-order valence-corrected chi connectivity index (χ1v) is 6.46. The summed E-state index contributed by atoms with van der Waals surface area (Å²) >= 11 is 0. The zero-order valence-corrected chi connectivity index (χ0v) is 10.6. The molecule has 0 bridgehead atoms. The van der Waals surface area contributed by atoms with Gasteiger partial charge in [0.05, 0.1) is 12.6 Å². The van der Waals surface area contributed by atoms with Gasteiger partial charge in [-0.3, -0.25) is 0 Å². The molecule has 3 rings (SSSR count). The topological polar surface area (TPSA) is 61.3 Å². The highest BCUT2D eigenvalue weighted by Crippen LogP contribution is 2.37. The Balaban J connectivity index is 2.07. The van der Waals surface area contributed by atoms with Gasteiger partial charge in [0.15, 0.2) is 11.1 Å². The molecule has 4 nitrogen and oxygen atoms in total. The quantitative estimate of drug-likeness (QED) is 0.885. The normalized spacial score (nSPS) is 19.0. The first-order valence-electron chi connectivity index (χ1n) is 6.46. The smallest absolute Gasteiger partial charge is 0.215 e. The highest BCUT2D eigenvalue weighted by Gasteiger charge is 2.34. The second-order valence-electron chi connectivity index (χ2n) is 5.04. The highest BCUT2D eigenvalue weighted by atomic mass is 16.5. The molecule has 4 heteroatoms. The molecule has 0 amide bonds. The van der Waals surface area contributed by atoms with Gasteiger partial charge in [0.25, 0.3) is 0 Å². The van der Waals surface area contributed by atoms with Crippen molar-refractivity contribution in [3.8, 4) is 5.75 Å². The lowest BCUT2D eigenvalue weighted by Crippen LogP contribution is -2.38. The van der Waals surface area contributed by atoms with Gasteiger partial charge in [-0.15, -0.1) is 0 Å². The van der Waals surface area contributed by atoms with Crippen molar-refractivity contribution in [3.05, 3.63) is 24.1 Å². The molecule has 1 aromatic heterocycles. The molecule has 1 aliphatic rings. The Hall–Kier alpha value is -1.55. The Labute approximate surface area is 106 Å². The SMILES string of the molecule is COc1cccc2oc(C3(N)CCCCC3)nc12. The lowest BCUT2D eigenvalue weighted by Gasteiger charge is -2.29. The van der Waals surface area contributed by atoms with E-state index in [2.05, 4.69) is 4.98 Å². The monoisotopic (exact) mass is 246 g/mol. The van der Waals surface area contributed by atoms with Crippen LogP contribution in [0.4, 0.5) is 0 Å². The second kappa shape index (κ2) is 4.28. The minimum atomic E-state index is -0.401. The van der Waals surface area contributed by atoms with Gasteiger partial charge in [0, 0.05) is 0 Å². The fourth-order valence-electron chi connectivity index (χ4n) is 2.70. The van der Waals surface area contributed by atoms with Gasteiger partial charge >= 0.3 is 0 Å². The molecule has 18 heavy (non-hydrogen) atoms. The number of hydrogen-bond acceptors (Lipinski definition) is 4. The number of hydrogen-bond donors (Lipinski definition) is 1. The molecule has 0 atom stereocenters. The Morgan fingerprint density at radius 3 is 2.78 bits per heavy atom. The molecule has 0 saturated heterocycles. The predicted octanol–water partition coefficient (Wildman–Crippen LogP) is 2.95. The summed E-state index contributed by atoms with van der Waals surface area (Å²) in [4.78, 5) is 4.56. The zero-order valence-electron chi connectivity index (χ0n) is 10.6. The zero-order chi connectivity index (χ0) is 12.6. The molecule has 0 unspecified atom stereocenters. The van der Waals surface area contributed by atoms with Crippen molar-refractivity contribution in [1.82, 2.24) is 4.98 Å². The van der Waals surface area contributed by atoms with Crippen LogP contribution < -0.4 is 10.5 Å². The molecule has 0 radical (unpaired) electrons. The van der Waals surface area contributed by atoms with E-state index in [-0.39, 0.29) is 0 Å². The third-order valence-electron chi connectivity index (χ3n) is 3.77. The number of para-hydroxylation sites is 1. The van der Waals surface area contributed by atoms with Gasteiger partial charge in [-0.2, -0.15) is 0 Å². The van der Waals surface area contributed by atoms with E-state index < -0.39 is 5.54 Å². The van der Waals surface area contributed by atoms with Crippen LogP contribution in [0.25, 0.3) is 11.1 Å². The summed E-state index contributed by atoms with van der Waals surface area (Å²) in [6.07, 6.45) is 5.44. The van der Waals surface area contributed by atoms with E-state index >= 15 is 0 Å². The van der Waals surface area contributed by atoms with Crippen molar-refractivity contribution < 1.29 is 9.15 Å². The van der Waals surface area contributed by atoms with E-state index in [1.807, 2.05) is 18.2 Å². The number of methoxy groups -OCH3 is 1. The van der Waals surface area contributed by atoms with Crippen molar-refractivity contribution in [2.45, 2.75) is 37.6 Å². The third-order valence-corrected chi connectivity index (χ3v) is 3.77. The lowest BCUT2D eigenvalue weighted by atomic mass is 9.82. The van der Waals surface area contributed by atoms with Gasteiger partial charge in [-0.25, -0.2) is 4.98 Å². The number of fused-ring (bicyclic) bond motifs is 1. The number of ether oxygens (including phenoxy) is 1. The summed E-state index contributed by atoms with van der Waals surface area (Å²) in [5.41, 5.74) is 7.56. The minimum Gasteiger partial charge on any atom is -0.494 e. The average molecular weight is 246 g/mol. The summed E-state index contributed by atoms with van der Waals surface area (Å²) in [6, 6.07) is 5.69. The number of nitrogens with two attached hydrogens (primary N) is 1. The number of aromatic nitrogens is 1. The average Bonchev–Trinajstić information content (AvgIpc) is 2.84. The van der Waals surface area contributed by atoms with Gasteiger partial charge in [0.1, 0.15) is 5.75 Å². The summed E-state index contributed by atoms with van der Waals surface area (Å²) in [6.45, 7) is 0. The molecule has 96 valence electrons. The Bertz CT molecular complexity index is 556. The van der Waals surface area contributed by atoms with Crippen LogP contribution in [0.1, 0.15) is 38.0 Å². The summed E-state index contributed by atoms with van der Waals surface area (Å²) < 4.78 is 11.1. The van der Waals surface area contributed by atoms with Crippen LogP contribution in [-0.2, 0) is 5.54 Å². The van der Waals surface area contributed by atoms with E-state index in [1.54, 1.807) is 7.11 Å². The first kappa shape index (κ1) is 11.5. The van der Waals surface area contributed by atoms with Crippen LogP contribution in [0, 0.1) is 0 Å². The van der Waals surface area contributed by atoms with Crippen molar-refractivity contribution in [1.29, 1.82) is 0 Å². The van der Waals surface area contributed by atoms with Crippen molar-refractivity contribution in [3.63, 3.8) is 0 Å². The molecule has 1 fully saturated rings. The van der Waals surface area contributed by atoms with Crippen molar-refractivity contribution >= 4 is 11.1 Å². The predicted molar refractivity (Wildman–Crippen MR) is 69.5 cm³/mol. The van der Waals surface area contributed by atoms with E-state index in [0.717, 1.165) is 42.5 Å². The molecule has 1 aliphatic carbocycles. The standard InChI is InChI=1S/C14H18N2O2/c1-17-10-6-5-7-11-12(10)16-13(18-11)14(15)8-3-2-4-9-14/h5-7H,2-4,8-9,15H2,1H3. The van der Waals surface area contributed by atoms with E-state index in [9.17, 15) is 0 Å². The van der Waals surface area contributed by atoms with Crippen LogP contribution in [-0.4, -0.2) is 12.1 Å². The molecule has 1 heterocycles. The molecule has 2 N–H and O–H groups in total. The van der Waals surface area contributed by atoms with Crippen LogP contribution in [0.15, 0.2) is 22.6 Å². The molecule has 2 aromatic rings. The Morgan fingerprint density at radius 2 is 2.06 bits per heavy atom. The van der Waals surface area contributed by atoms with E-state index in [0.29, 0.717) is 5.89 Å². The molecular weight excluding hydrogens is 228 g/mol. The highest BCUT2D eigenvalue weighted by molar-refractivity contribution is 5.79. The lowest BCUT2D eigenvalue weighted by molar-refractivity contribution is 0.248. The maximum Gasteiger partial charge on any atom is 0.215 e. The number of nitrogens with zero attached hydrogens (tertiary/aromatic N) is 1. The van der Waals surface area contributed by atoms with Crippen LogP contribution >= 0.6 is 0 Å². The van der Waals surface area contributed by atoms with Gasteiger partial charge < -0.3 is 14.9 Å². The largest absolute Gasteiger partial charge is 0.494 e. The fourth-order valence-corrected chi connectivity index (χ4v) is 2.70. The van der Waals surface area contributed by atoms with Crippen LogP contribution in [0.3, 0.4) is 0 Å². The second-order valence-corrected chi connectivity index (χ2v) is 5.04. The summed E-state index contributed by atoms with van der Waals surface area (Å²) in [7, 11) is 1.64. The Kier molecular flexibility index (Phi) is 2.74. The van der Waals surface area contributed by atoms with E-state index in [4.69, 9.17) is 14.9 Å². The molecule has 1 saturated carbocycles. The number of rotatable bonds is 2. The third kappa shape index (κ3) is 1.77. The van der Waals surface area contributed by atoms with E-state index in [1.165, 1.54) is 6.42 Å². The maximum absolute atomic E-state index is 6.44. The van der Waals surface area contributed by atoms with Crippen LogP contribution in [0.2, 0.25) is 0 Å². The van der Waals surface area contributed by atoms with Gasteiger partial charge in [0.2, 0.25) is 5.89 Å². The number of benzene rings is 1. The van der Waals surface area contributed by atoms with Gasteiger partial charge in [-0.05, 0) is 25.0 Å². The Morgan fingerprint density at radius 1 is 1.28 bits per heavy atom. The molecular formula is C14H18N2O2. The minimum absolute atomic E-state index is 0.401. The molecule has 0 spiro atoms. The summed E-state index contributed by atoms with van der Waals surface area (Å²) in [5.74, 6) is 1.39. The van der Waals surface area contributed by atoms with Gasteiger partial charge in [-0.1, -0.05) is 25.3 Å². The summed E-state index contributed by atoms with van der Waals surface area (Å²) in [5, 5.41) is 0. The number of oxazole rings is 1. The maximum atomic E-state index is 6.44. The van der Waals surface area contributed by atoms with Crippen LogP contribution in [0.5, 0.6) is 5.75 Å². The van der Waals surface area contributed by atoms with Crippen molar-refractivity contribution in [2.75, 3.05) is 7.11 Å². The fraction of sp³-hybridized carbons (Fsp3) is 0.500. The first-order chi connectivity index (χ1) is 8.73. The molecule has 0 aliphatic heterocycles.